The zero-order valence-corrected chi connectivity index (χ0v) is 22.0. The lowest BCUT2D eigenvalue weighted by Gasteiger charge is -2.52. The van der Waals surface area contributed by atoms with Crippen molar-refractivity contribution >= 4 is 17.8 Å². The number of β-amino-alcohol motifs (C(OH)–C–C–N with tert-alkyl or cyclic N) is 1. The number of nitrogens with zero attached hydrogens (tertiary/aromatic N) is 4. The molecule has 3 fully saturated rings. The Kier molecular flexibility index (Phi) is 6.98. The van der Waals surface area contributed by atoms with Crippen LogP contribution in [0.5, 0.6) is 0 Å². The average Bonchev–Trinajstić information content (AvgIpc) is 3.13. The van der Waals surface area contributed by atoms with E-state index in [0.29, 0.717) is 25.5 Å². The highest BCUT2D eigenvalue weighted by atomic mass is 16.3. The number of hydrogen-bond donors (Lipinski definition) is 2. The summed E-state index contributed by atoms with van der Waals surface area (Å²) in [5, 5.41) is 13.9. The van der Waals surface area contributed by atoms with Crippen molar-refractivity contribution in [3.63, 3.8) is 0 Å². The minimum absolute atomic E-state index is 0.0528. The lowest BCUT2D eigenvalue weighted by atomic mass is 9.67. The van der Waals surface area contributed by atoms with Crippen molar-refractivity contribution in [2.75, 3.05) is 39.0 Å². The predicted molar refractivity (Wildman–Crippen MR) is 143 cm³/mol. The fourth-order valence-electron chi connectivity index (χ4n) is 6.51. The predicted octanol–water partition coefficient (Wildman–Crippen LogP) is 3.83. The van der Waals surface area contributed by atoms with Gasteiger partial charge < -0.3 is 20.2 Å². The lowest BCUT2D eigenvalue weighted by Crippen LogP contribution is -2.59. The Hall–Kier alpha value is -2.97. The minimum atomic E-state index is -0.787. The molecule has 8 heteroatoms. The number of benzene rings is 1. The first-order valence-corrected chi connectivity index (χ1v) is 13.5. The van der Waals surface area contributed by atoms with Gasteiger partial charge in [0.05, 0.1) is 17.7 Å². The van der Waals surface area contributed by atoms with Crippen LogP contribution < -0.4 is 5.32 Å². The number of aliphatic hydroxyl groups is 1. The molecule has 2 saturated carbocycles. The van der Waals surface area contributed by atoms with E-state index in [1.54, 1.807) is 18.3 Å². The van der Waals surface area contributed by atoms with Gasteiger partial charge in [-0.1, -0.05) is 36.4 Å². The van der Waals surface area contributed by atoms with Crippen LogP contribution in [0.4, 0.5) is 10.6 Å². The fraction of sp³-hybridized carbons (Fsp3) is 0.552. The standard InChI is InChI=1S/C29H39N5O3/c1-32(2)29(23-9-4-3-5-10-23)17-15-27(16-18-29)21-33(26(36)34(27)22-28(37)13-8-14-28)20-12-25(35)31-24-11-6-7-19-30-24/h3-7,9-11,19,37H,8,12-18,20-22H2,1-2H3,(H,30,31,35)/t27-,29+. The summed E-state index contributed by atoms with van der Waals surface area (Å²) in [5.41, 5.74) is 0.120. The Bertz CT molecular complexity index is 1100. The Balaban J connectivity index is 1.32. The van der Waals surface area contributed by atoms with Gasteiger partial charge in [-0.05, 0) is 76.7 Å². The highest BCUT2D eigenvalue weighted by molar-refractivity contribution is 5.90. The van der Waals surface area contributed by atoms with Gasteiger partial charge in [0.2, 0.25) is 5.91 Å². The number of aromatic nitrogens is 1. The molecule has 5 rings (SSSR count). The van der Waals surface area contributed by atoms with Crippen LogP contribution in [0.25, 0.3) is 0 Å². The molecule has 3 aliphatic rings. The Morgan fingerprint density at radius 3 is 2.32 bits per heavy atom. The molecule has 1 spiro atoms. The number of hydrogen-bond acceptors (Lipinski definition) is 5. The quantitative estimate of drug-likeness (QED) is 0.569. The molecular formula is C29H39N5O3. The maximum absolute atomic E-state index is 13.7. The molecule has 198 valence electrons. The average molecular weight is 506 g/mol. The molecule has 2 aromatic rings. The molecule has 2 heterocycles. The van der Waals surface area contributed by atoms with Crippen molar-refractivity contribution in [2.45, 2.75) is 68.0 Å². The molecule has 37 heavy (non-hydrogen) atoms. The lowest BCUT2D eigenvalue weighted by molar-refractivity contribution is -0.116. The normalized spacial score (nSPS) is 27.0. The smallest absolute Gasteiger partial charge is 0.320 e. The van der Waals surface area contributed by atoms with Crippen LogP contribution in [0.15, 0.2) is 54.7 Å². The molecule has 2 aliphatic carbocycles. The van der Waals surface area contributed by atoms with E-state index in [1.165, 1.54) is 5.56 Å². The number of carbonyl (C=O) groups is 2. The maximum atomic E-state index is 13.7. The Morgan fingerprint density at radius 1 is 1.03 bits per heavy atom. The third-order valence-electron chi connectivity index (χ3n) is 9.01. The topological polar surface area (TPSA) is 89.0 Å². The van der Waals surface area contributed by atoms with Gasteiger partial charge in [-0.2, -0.15) is 0 Å². The summed E-state index contributed by atoms with van der Waals surface area (Å²) in [6, 6.07) is 16.0. The van der Waals surface area contributed by atoms with E-state index in [1.807, 2.05) is 15.9 Å². The zero-order chi connectivity index (χ0) is 26.1. The first-order valence-electron chi connectivity index (χ1n) is 13.5. The van der Waals surface area contributed by atoms with E-state index >= 15 is 0 Å². The van der Waals surface area contributed by atoms with E-state index < -0.39 is 5.60 Å². The van der Waals surface area contributed by atoms with E-state index in [0.717, 1.165) is 44.9 Å². The first kappa shape index (κ1) is 25.7. The van der Waals surface area contributed by atoms with Crippen LogP contribution in [0.1, 0.15) is 56.9 Å². The third-order valence-corrected chi connectivity index (χ3v) is 9.01. The van der Waals surface area contributed by atoms with Crippen LogP contribution in [0, 0.1) is 0 Å². The summed E-state index contributed by atoms with van der Waals surface area (Å²) >= 11 is 0. The van der Waals surface area contributed by atoms with Gasteiger partial charge in [-0.15, -0.1) is 0 Å². The van der Waals surface area contributed by atoms with Gasteiger partial charge in [-0.25, -0.2) is 9.78 Å². The second-order valence-electron chi connectivity index (χ2n) is 11.4. The number of carbonyl (C=O) groups excluding carboxylic acids is 2. The highest BCUT2D eigenvalue weighted by Gasteiger charge is 2.56. The van der Waals surface area contributed by atoms with Crippen molar-refractivity contribution in [3.8, 4) is 0 Å². The molecule has 1 saturated heterocycles. The van der Waals surface area contributed by atoms with E-state index in [9.17, 15) is 14.7 Å². The van der Waals surface area contributed by atoms with Gasteiger partial charge in [0, 0.05) is 31.2 Å². The van der Waals surface area contributed by atoms with Crippen LogP contribution in [0.3, 0.4) is 0 Å². The molecule has 3 amide bonds. The van der Waals surface area contributed by atoms with Crippen LogP contribution in [-0.2, 0) is 10.3 Å². The molecule has 0 bridgehead atoms. The molecule has 1 aromatic heterocycles. The second kappa shape index (κ2) is 10.1. The monoisotopic (exact) mass is 505 g/mol. The summed E-state index contributed by atoms with van der Waals surface area (Å²) in [6.07, 6.45) is 7.91. The number of rotatable bonds is 8. The number of anilines is 1. The van der Waals surface area contributed by atoms with E-state index in [4.69, 9.17) is 0 Å². The highest BCUT2D eigenvalue weighted by Crippen LogP contribution is 2.50. The molecule has 1 aromatic carbocycles. The van der Waals surface area contributed by atoms with Crippen LogP contribution in [0.2, 0.25) is 0 Å². The summed E-state index contributed by atoms with van der Waals surface area (Å²) in [4.78, 5) is 36.6. The first-order chi connectivity index (χ1) is 17.8. The Labute approximate surface area is 219 Å². The summed E-state index contributed by atoms with van der Waals surface area (Å²) in [6.45, 7) is 1.32. The van der Waals surface area contributed by atoms with Crippen molar-refractivity contribution in [3.05, 3.63) is 60.3 Å². The summed E-state index contributed by atoms with van der Waals surface area (Å²) < 4.78 is 0. The van der Waals surface area contributed by atoms with Gasteiger partial charge in [0.25, 0.3) is 0 Å². The van der Waals surface area contributed by atoms with Gasteiger partial charge >= 0.3 is 6.03 Å². The third kappa shape index (κ3) is 4.97. The molecule has 0 radical (unpaired) electrons. The number of amides is 3. The molecule has 0 atom stereocenters. The SMILES string of the molecule is CN(C)[C@]1(c2ccccc2)CC[C@]2(CC1)CN(CCC(=O)Nc1ccccn1)C(=O)N2CC1(O)CCC1. The van der Waals surface area contributed by atoms with Crippen molar-refractivity contribution in [1.82, 2.24) is 19.7 Å². The second-order valence-corrected chi connectivity index (χ2v) is 11.4. The van der Waals surface area contributed by atoms with Crippen LogP contribution in [-0.4, -0.2) is 81.6 Å². The van der Waals surface area contributed by atoms with Gasteiger partial charge in [0.15, 0.2) is 0 Å². The molecule has 1 aliphatic heterocycles. The molecule has 2 N–H and O–H groups in total. The number of nitrogens with one attached hydrogen (secondary N) is 1. The fourth-order valence-corrected chi connectivity index (χ4v) is 6.51. The van der Waals surface area contributed by atoms with E-state index in [-0.39, 0.29) is 29.4 Å². The summed E-state index contributed by atoms with van der Waals surface area (Å²) in [5.74, 6) is 0.356. The van der Waals surface area contributed by atoms with Crippen molar-refractivity contribution in [1.29, 1.82) is 0 Å². The molecule has 0 unspecified atom stereocenters. The molecule has 8 nitrogen and oxygen atoms in total. The Morgan fingerprint density at radius 2 is 1.73 bits per heavy atom. The zero-order valence-electron chi connectivity index (χ0n) is 22.0. The number of urea groups is 1. The van der Waals surface area contributed by atoms with Gasteiger partial charge in [0.1, 0.15) is 5.82 Å². The van der Waals surface area contributed by atoms with Crippen molar-refractivity contribution in [2.24, 2.45) is 0 Å². The van der Waals surface area contributed by atoms with Crippen LogP contribution >= 0.6 is 0 Å². The maximum Gasteiger partial charge on any atom is 0.320 e. The van der Waals surface area contributed by atoms with Crippen molar-refractivity contribution < 1.29 is 14.7 Å². The minimum Gasteiger partial charge on any atom is -0.388 e. The largest absolute Gasteiger partial charge is 0.388 e. The van der Waals surface area contributed by atoms with E-state index in [2.05, 4.69) is 59.6 Å². The molecular weight excluding hydrogens is 466 g/mol. The van der Waals surface area contributed by atoms with Gasteiger partial charge in [-0.3, -0.25) is 9.69 Å². The summed E-state index contributed by atoms with van der Waals surface area (Å²) in [7, 11) is 4.29. The number of pyridine rings is 1.